The van der Waals surface area contributed by atoms with Gasteiger partial charge in [0.15, 0.2) is 0 Å². The van der Waals surface area contributed by atoms with Crippen molar-refractivity contribution in [3.05, 3.63) is 80.9 Å². The average molecular weight is 356 g/mol. The lowest BCUT2D eigenvalue weighted by molar-refractivity contribution is 0.254. The van der Waals surface area contributed by atoms with Gasteiger partial charge >= 0.3 is 0 Å². The van der Waals surface area contributed by atoms with Crippen LogP contribution in [-0.4, -0.2) is 20.8 Å². The van der Waals surface area contributed by atoms with Crippen molar-refractivity contribution in [3.8, 4) is 0 Å². The van der Waals surface area contributed by atoms with E-state index >= 15 is 0 Å². The number of aryl methyl sites for hydroxylation is 1. The standard InChI is InChI=1S/C20H22ClN3O/c1-3-9-23(13-16-4-6-17(21)7-5-16)14-18-12-20(25)24-10-8-15(2)11-19(24)22-18/h4-8,10-12H,3,9,13-14H2,1-2H3. The molecule has 0 fully saturated rings. The second-order valence-electron chi connectivity index (χ2n) is 6.36. The van der Waals surface area contributed by atoms with Gasteiger partial charge in [-0.2, -0.15) is 0 Å². The highest BCUT2D eigenvalue weighted by molar-refractivity contribution is 6.30. The Morgan fingerprint density at radius 1 is 1.12 bits per heavy atom. The Morgan fingerprint density at radius 3 is 2.60 bits per heavy atom. The fourth-order valence-corrected chi connectivity index (χ4v) is 3.07. The van der Waals surface area contributed by atoms with Crippen LogP contribution in [0.2, 0.25) is 5.02 Å². The second kappa shape index (κ2) is 7.81. The molecule has 0 unspecified atom stereocenters. The third kappa shape index (κ3) is 4.47. The minimum absolute atomic E-state index is 0.0389. The molecule has 0 bridgehead atoms. The Labute approximate surface area is 152 Å². The predicted molar refractivity (Wildman–Crippen MR) is 102 cm³/mol. The maximum absolute atomic E-state index is 12.3. The number of nitrogens with zero attached hydrogens (tertiary/aromatic N) is 3. The van der Waals surface area contributed by atoms with E-state index in [1.165, 1.54) is 5.56 Å². The van der Waals surface area contributed by atoms with Crippen molar-refractivity contribution in [3.63, 3.8) is 0 Å². The zero-order valence-electron chi connectivity index (χ0n) is 14.6. The quantitative estimate of drug-likeness (QED) is 0.669. The van der Waals surface area contributed by atoms with Crippen LogP contribution in [0.15, 0.2) is 53.5 Å². The lowest BCUT2D eigenvalue weighted by Gasteiger charge is -2.21. The van der Waals surface area contributed by atoms with Gasteiger partial charge < -0.3 is 0 Å². The van der Waals surface area contributed by atoms with Gasteiger partial charge in [-0.3, -0.25) is 14.1 Å². The first-order valence-corrected chi connectivity index (χ1v) is 8.88. The Kier molecular flexibility index (Phi) is 5.51. The molecule has 2 heterocycles. The number of aromatic nitrogens is 2. The molecule has 0 aliphatic heterocycles. The molecule has 0 saturated heterocycles. The summed E-state index contributed by atoms with van der Waals surface area (Å²) < 4.78 is 1.58. The first kappa shape index (κ1) is 17.6. The third-order valence-electron chi connectivity index (χ3n) is 4.12. The van der Waals surface area contributed by atoms with Crippen molar-refractivity contribution >= 4 is 17.2 Å². The van der Waals surface area contributed by atoms with Gasteiger partial charge in [0.1, 0.15) is 5.65 Å². The molecule has 4 nitrogen and oxygen atoms in total. The molecule has 0 atom stereocenters. The molecular formula is C20H22ClN3O. The molecule has 0 saturated carbocycles. The van der Waals surface area contributed by atoms with E-state index in [0.717, 1.165) is 35.8 Å². The van der Waals surface area contributed by atoms with Crippen molar-refractivity contribution in [2.24, 2.45) is 0 Å². The lowest BCUT2D eigenvalue weighted by Crippen LogP contribution is -2.26. The molecule has 3 aromatic rings. The Hall–Kier alpha value is -2.17. The Morgan fingerprint density at radius 2 is 1.88 bits per heavy atom. The van der Waals surface area contributed by atoms with Crippen LogP contribution in [-0.2, 0) is 13.1 Å². The van der Waals surface area contributed by atoms with Crippen molar-refractivity contribution < 1.29 is 0 Å². The van der Waals surface area contributed by atoms with E-state index in [-0.39, 0.29) is 5.56 Å². The van der Waals surface area contributed by atoms with Crippen molar-refractivity contribution in [1.82, 2.24) is 14.3 Å². The minimum atomic E-state index is -0.0389. The number of rotatable bonds is 6. The number of fused-ring (bicyclic) bond motifs is 1. The molecule has 2 aromatic heterocycles. The predicted octanol–water partition coefficient (Wildman–Crippen LogP) is 4.07. The summed E-state index contributed by atoms with van der Waals surface area (Å²) in [5.41, 5.74) is 3.76. The number of hydrogen-bond donors (Lipinski definition) is 0. The second-order valence-corrected chi connectivity index (χ2v) is 6.79. The summed E-state index contributed by atoms with van der Waals surface area (Å²) >= 11 is 5.96. The van der Waals surface area contributed by atoms with E-state index in [9.17, 15) is 4.79 Å². The van der Waals surface area contributed by atoms with Gasteiger partial charge in [-0.1, -0.05) is 30.7 Å². The van der Waals surface area contributed by atoms with E-state index in [0.29, 0.717) is 12.2 Å². The topological polar surface area (TPSA) is 37.6 Å². The molecule has 5 heteroatoms. The summed E-state index contributed by atoms with van der Waals surface area (Å²) in [5.74, 6) is 0. The number of hydrogen-bond acceptors (Lipinski definition) is 3. The molecule has 3 rings (SSSR count). The molecule has 0 N–H and O–H groups in total. The molecule has 130 valence electrons. The lowest BCUT2D eigenvalue weighted by atomic mass is 10.2. The van der Waals surface area contributed by atoms with Crippen LogP contribution in [0.5, 0.6) is 0 Å². The summed E-state index contributed by atoms with van der Waals surface area (Å²) in [5, 5.41) is 0.741. The fourth-order valence-electron chi connectivity index (χ4n) is 2.94. The average Bonchev–Trinajstić information content (AvgIpc) is 2.56. The van der Waals surface area contributed by atoms with Gasteiger partial charge in [-0.25, -0.2) is 4.98 Å². The SMILES string of the molecule is CCCN(Cc1ccc(Cl)cc1)Cc1cc(=O)n2ccc(C)cc2n1. The highest BCUT2D eigenvalue weighted by atomic mass is 35.5. The van der Waals surface area contributed by atoms with Gasteiger partial charge in [0.05, 0.1) is 5.69 Å². The van der Waals surface area contributed by atoms with E-state index in [4.69, 9.17) is 11.6 Å². The van der Waals surface area contributed by atoms with Crippen LogP contribution in [0.25, 0.3) is 5.65 Å². The first-order chi connectivity index (χ1) is 12.0. The van der Waals surface area contributed by atoms with Crippen LogP contribution in [0.3, 0.4) is 0 Å². The molecule has 0 aliphatic rings. The summed E-state index contributed by atoms with van der Waals surface area (Å²) in [4.78, 5) is 19.3. The van der Waals surface area contributed by atoms with Crippen LogP contribution < -0.4 is 5.56 Å². The van der Waals surface area contributed by atoms with Gasteiger partial charge in [-0.15, -0.1) is 0 Å². The maximum Gasteiger partial charge on any atom is 0.258 e. The van der Waals surface area contributed by atoms with E-state index in [1.54, 1.807) is 16.7 Å². The van der Waals surface area contributed by atoms with Crippen LogP contribution in [0.4, 0.5) is 0 Å². The molecule has 1 aromatic carbocycles. The smallest absolute Gasteiger partial charge is 0.258 e. The molecule has 25 heavy (non-hydrogen) atoms. The largest absolute Gasteiger partial charge is 0.293 e. The van der Waals surface area contributed by atoms with Crippen molar-refractivity contribution in [2.45, 2.75) is 33.4 Å². The molecule has 0 spiro atoms. The van der Waals surface area contributed by atoms with Gasteiger partial charge in [-0.05, 0) is 55.3 Å². The number of halogens is 1. The first-order valence-electron chi connectivity index (χ1n) is 8.51. The molecule has 0 radical (unpaired) electrons. The van der Waals surface area contributed by atoms with E-state index < -0.39 is 0 Å². The highest BCUT2D eigenvalue weighted by Crippen LogP contribution is 2.13. The monoisotopic (exact) mass is 355 g/mol. The maximum atomic E-state index is 12.3. The van der Waals surface area contributed by atoms with Gasteiger partial charge in [0.25, 0.3) is 5.56 Å². The number of benzene rings is 1. The molecular weight excluding hydrogens is 334 g/mol. The van der Waals surface area contributed by atoms with Crippen molar-refractivity contribution in [2.75, 3.05) is 6.54 Å². The van der Waals surface area contributed by atoms with Crippen LogP contribution in [0.1, 0.15) is 30.2 Å². The highest BCUT2D eigenvalue weighted by Gasteiger charge is 2.10. The van der Waals surface area contributed by atoms with Crippen LogP contribution in [0, 0.1) is 6.92 Å². The molecule has 0 amide bonds. The minimum Gasteiger partial charge on any atom is -0.293 e. The normalized spacial score (nSPS) is 11.4. The summed E-state index contributed by atoms with van der Waals surface area (Å²) in [7, 11) is 0. The zero-order chi connectivity index (χ0) is 17.8. The Bertz CT molecular complexity index is 918. The van der Waals surface area contributed by atoms with Gasteiger partial charge in [0.2, 0.25) is 0 Å². The third-order valence-corrected chi connectivity index (χ3v) is 4.37. The summed E-state index contributed by atoms with van der Waals surface area (Å²) in [6.45, 7) is 6.55. The summed E-state index contributed by atoms with van der Waals surface area (Å²) in [6.07, 6.45) is 2.82. The summed E-state index contributed by atoms with van der Waals surface area (Å²) in [6, 6.07) is 13.4. The van der Waals surface area contributed by atoms with Crippen molar-refractivity contribution in [1.29, 1.82) is 0 Å². The fraction of sp³-hybridized carbons (Fsp3) is 0.300. The zero-order valence-corrected chi connectivity index (χ0v) is 15.3. The Balaban J connectivity index is 1.85. The van der Waals surface area contributed by atoms with Gasteiger partial charge in [0, 0.05) is 30.4 Å². The van der Waals surface area contributed by atoms with Crippen LogP contribution >= 0.6 is 11.6 Å². The van der Waals surface area contributed by atoms with E-state index in [1.807, 2.05) is 43.3 Å². The number of pyridine rings is 1. The molecule has 0 aliphatic carbocycles. The van der Waals surface area contributed by atoms with E-state index in [2.05, 4.69) is 16.8 Å².